The fourth-order valence-electron chi connectivity index (χ4n) is 5.25. The summed E-state index contributed by atoms with van der Waals surface area (Å²) in [5, 5.41) is 15.2. The second-order valence-corrected chi connectivity index (χ2v) is 11.5. The van der Waals surface area contributed by atoms with Gasteiger partial charge < -0.3 is 29.9 Å². The van der Waals surface area contributed by atoms with Crippen molar-refractivity contribution in [2.75, 3.05) is 25.5 Å². The average Bonchev–Trinajstić information content (AvgIpc) is 3.20. The van der Waals surface area contributed by atoms with E-state index in [0.29, 0.717) is 5.75 Å². The van der Waals surface area contributed by atoms with Gasteiger partial charge in [0.15, 0.2) is 11.6 Å². The molecule has 12 nitrogen and oxygen atoms in total. The Morgan fingerprint density at radius 1 is 1.30 bits per heavy atom. The van der Waals surface area contributed by atoms with E-state index in [1.165, 1.54) is 23.1 Å². The Balaban J connectivity index is 1.60. The molecule has 3 aliphatic rings. The predicted molar refractivity (Wildman–Crippen MR) is 130 cm³/mol. The lowest BCUT2D eigenvalue weighted by molar-refractivity contribution is -0.170. The molecule has 12 heteroatoms. The molecule has 198 valence electrons. The first-order chi connectivity index (χ1) is 17.2. The summed E-state index contributed by atoms with van der Waals surface area (Å²) in [7, 11) is 1.21. The van der Waals surface area contributed by atoms with Crippen LogP contribution >= 0.6 is 0 Å². The summed E-state index contributed by atoms with van der Waals surface area (Å²) in [6, 6.07) is 2.67. The SMILES string of the molecule is COC(=O)NC(C(=O)N1CC(C)(C)C1C(=O)N1CC2(CC1C#N)Oc1cccnc1NC2=O)C(C)(C)C. The summed E-state index contributed by atoms with van der Waals surface area (Å²) < 4.78 is 10.7. The van der Waals surface area contributed by atoms with Gasteiger partial charge in [0.25, 0.3) is 5.91 Å². The number of hydrogen-bond acceptors (Lipinski definition) is 8. The van der Waals surface area contributed by atoms with Gasteiger partial charge in [-0.3, -0.25) is 14.4 Å². The number of pyridine rings is 1. The summed E-state index contributed by atoms with van der Waals surface area (Å²) in [5.74, 6) is -0.725. The number of anilines is 1. The minimum atomic E-state index is -1.45. The lowest BCUT2D eigenvalue weighted by atomic mass is 9.72. The zero-order valence-corrected chi connectivity index (χ0v) is 21.8. The quantitative estimate of drug-likeness (QED) is 0.614. The summed E-state index contributed by atoms with van der Waals surface area (Å²) >= 11 is 0. The highest BCUT2D eigenvalue weighted by Gasteiger charge is 2.61. The van der Waals surface area contributed by atoms with E-state index in [9.17, 15) is 24.4 Å². The second kappa shape index (κ2) is 8.90. The van der Waals surface area contributed by atoms with Gasteiger partial charge >= 0.3 is 6.09 Å². The van der Waals surface area contributed by atoms with Gasteiger partial charge in [0.2, 0.25) is 17.4 Å². The maximum absolute atomic E-state index is 13.9. The number of methoxy groups -OCH3 is 1. The van der Waals surface area contributed by atoms with Crippen LogP contribution in [0.25, 0.3) is 0 Å². The first-order valence-corrected chi connectivity index (χ1v) is 12.0. The third kappa shape index (κ3) is 4.43. The largest absolute Gasteiger partial charge is 0.472 e. The molecule has 4 heterocycles. The molecule has 37 heavy (non-hydrogen) atoms. The Hall–Kier alpha value is -3.88. The number of likely N-dealkylation sites (tertiary alicyclic amines) is 2. The van der Waals surface area contributed by atoms with Crippen LogP contribution in [0.1, 0.15) is 41.0 Å². The topological polar surface area (TPSA) is 154 Å². The molecule has 1 spiro atoms. The summed E-state index contributed by atoms with van der Waals surface area (Å²) in [6.45, 7) is 9.25. The zero-order chi connectivity index (χ0) is 27.3. The highest BCUT2D eigenvalue weighted by atomic mass is 16.5. The monoisotopic (exact) mass is 512 g/mol. The minimum absolute atomic E-state index is 0.0228. The van der Waals surface area contributed by atoms with Gasteiger partial charge in [-0.1, -0.05) is 34.6 Å². The maximum atomic E-state index is 13.9. The molecule has 0 radical (unpaired) electrons. The fraction of sp³-hybridized carbons (Fsp3) is 0.600. The number of nitrogens with zero attached hydrogens (tertiary/aromatic N) is 4. The van der Waals surface area contributed by atoms with Crippen LogP contribution in [0.5, 0.6) is 5.75 Å². The van der Waals surface area contributed by atoms with Crippen molar-refractivity contribution < 1.29 is 28.7 Å². The summed E-state index contributed by atoms with van der Waals surface area (Å²) in [5.41, 5.74) is -2.71. The van der Waals surface area contributed by atoms with E-state index in [-0.39, 0.29) is 25.3 Å². The number of amides is 4. The van der Waals surface area contributed by atoms with Gasteiger partial charge in [0.1, 0.15) is 18.1 Å². The van der Waals surface area contributed by atoms with Gasteiger partial charge in [-0.2, -0.15) is 5.26 Å². The van der Waals surface area contributed by atoms with Gasteiger partial charge in [-0.05, 0) is 17.5 Å². The Labute approximate surface area is 215 Å². The molecule has 4 amide bonds. The number of carbonyl (C=O) groups is 4. The van der Waals surface area contributed by atoms with Gasteiger partial charge in [-0.15, -0.1) is 0 Å². The molecule has 0 aromatic carbocycles. The van der Waals surface area contributed by atoms with Crippen LogP contribution in [-0.4, -0.2) is 82.5 Å². The molecule has 0 aliphatic carbocycles. The number of ether oxygens (including phenoxy) is 2. The predicted octanol–water partition coefficient (Wildman–Crippen LogP) is 1.28. The zero-order valence-electron chi connectivity index (χ0n) is 21.8. The van der Waals surface area contributed by atoms with Crippen LogP contribution in [0, 0.1) is 22.2 Å². The number of alkyl carbamates (subject to hydrolysis) is 1. The molecular weight excluding hydrogens is 480 g/mol. The molecule has 3 aliphatic heterocycles. The second-order valence-electron chi connectivity index (χ2n) is 11.5. The standard InChI is InChI=1S/C25H32N6O6/c1-23(2,3)16(28-22(35)36-6)19(32)31-12-24(4,5)17(31)20(33)30-13-25(10-14(30)11-26)21(34)29-18-15(37-25)8-7-9-27-18/h7-9,14,16-17H,10,12-13H2,1-6H3,(H,28,35)(H,27,29,34). The van der Waals surface area contributed by atoms with E-state index in [1.807, 2.05) is 13.8 Å². The van der Waals surface area contributed by atoms with Crippen LogP contribution in [0.4, 0.5) is 10.6 Å². The highest BCUT2D eigenvalue weighted by Crippen LogP contribution is 2.43. The molecule has 2 N–H and O–H groups in total. The van der Waals surface area contributed by atoms with E-state index in [2.05, 4.69) is 21.7 Å². The molecule has 2 saturated heterocycles. The first-order valence-electron chi connectivity index (χ1n) is 12.0. The van der Waals surface area contributed by atoms with Crippen molar-refractivity contribution in [1.82, 2.24) is 20.1 Å². The number of nitriles is 1. The van der Waals surface area contributed by atoms with Crippen LogP contribution in [0.15, 0.2) is 18.3 Å². The van der Waals surface area contributed by atoms with Gasteiger partial charge in [0, 0.05) is 24.6 Å². The molecule has 1 aromatic rings. The Bertz CT molecular complexity index is 1190. The van der Waals surface area contributed by atoms with Crippen molar-refractivity contribution in [2.24, 2.45) is 10.8 Å². The number of aromatic nitrogens is 1. The van der Waals surface area contributed by atoms with Crippen molar-refractivity contribution in [3.8, 4) is 11.8 Å². The summed E-state index contributed by atoms with van der Waals surface area (Å²) in [6.07, 6.45) is 0.746. The number of rotatable bonds is 3. The first kappa shape index (κ1) is 26.2. The fourth-order valence-corrected chi connectivity index (χ4v) is 5.25. The maximum Gasteiger partial charge on any atom is 0.407 e. The van der Waals surface area contributed by atoms with Crippen LogP contribution in [0.2, 0.25) is 0 Å². The Morgan fingerprint density at radius 3 is 2.59 bits per heavy atom. The molecule has 2 fully saturated rings. The molecular formula is C25H32N6O6. The van der Waals surface area contributed by atoms with Crippen molar-refractivity contribution in [1.29, 1.82) is 5.26 Å². The molecule has 4 atom stereocenters. The lowest BCUT2D eigenvalue weighted by Crippen LogP contribution is -2.73. The average molecular weight is 513 g/mol. The highest BCUT2D eigenvalue weighted by molar-refractivity contribution is 6.01. The normalized spacial score (nSPS) is 26.7. The van der Waals surface area contributed by atoms with Gasteiger partial charge in [0.05, 0.1) is 19.7 Å². The van der Waals surface area contributed by atoms with E-state index >= 15 is 0 Å². The minimum Gasteiger partial charge on any atom is -0.472 e. The molecule has 4 unspecified atom stereocenters. The van der Waals surface area contributed by atoms with Crippen LogP contribution < -0.4 is 15.4 Å². The lowest BCUT2D eigenvalue weighted by Gasteiger charge is -2.55. The Morgan fingerprint density at radius 2 is 2.00 bits per heavy atom. The third-order valence-electron chi connectivity index (χ3n) is 7.19. The summed E-state index contributed by atoms with van der Waals surface area (Å²) in [4.78, 5) is 59.4. The Kier molecular flexibility index (Phi) is 6.30. The van der Waals surface area contributed by atoms with Crippen molar-refractivity contribution in [3.05, 3.63) is 18.3 Å². The molecule has 4 rings (SSSR count). The molecule has 0 bridgehead atoms. The van der Waals surface area contributed by atoms with Crippen molar-refractivity contribution >= 4 is 29.6 Å². The smallest absolute Gasteiger partial charge is 0.407 e. The van der Waals surface area contributed by atoms with E-state index in [0.717, 1.165) is 0 Å². The van der Waals surface area contributed by atoms with Gasteiger partial charge in [-0.25, -0.2) is 9.78 Å². The van der Waals surface area contributed by atoms with Crippen LogP contribution in [-0.2, 0) is 19.1 Å². The van der Waals surface area contributed by atoms with Crippen molar-refractivity contribution in [2.45, 2.75) is 64.8 Å². The van der Waals surface area contributed by atoms with Crippen molar-refractivity contribution in [3.63, 3.8) is 0 Å². The number of carbonyl (C=O) groups excluding carboxylic acids is 4. The number of hydrogen-bond donors (Lipinski definition) is 2. The number of nitrogens with one attached hydrogen (secondary N) is 2. The third-order valence-corrected chi connectivity index (χ3v) is 7.19. The number of fused-ring (bicyclic) bond motifs is 1. The van der Waals surface area contributed by atoms with E-state index in [1.54, 1.807) is 32.9 Å². The molecule has 0 saturated carbocycles. The van der Waals surface area contributed by atoms with E-state index < -0.39 is 58.4 Å². The molecule has 1 aromatic heterocycles. The van der Waals surface area contributed by atoms with E-state index in [4.69, 9.17) is 9.47 Å². The van der Waals surface area contributed by atoms with Crippen LogP contribution in [0.3, 0.4) is 0 Å².